The highest BCUT2D eigenvalue weighted by molar-refractivity contribution is 7.89. The average molecular weight is 459 g/mol. The summed E-state index contributed by atoms with van der Waals surface area (Å²) < 4.78 is 31.8. The van der Waals surface area contributed by atoms with Gasteiger partial charge in [-0.2, -0.15) is 14.5 Å². The lowest BCUT2D eigenvalue weighted by atomic mass is 10.3. The fourth-order valence-corrected chi connectivity index (χ4v) is 6.11. The van der Waals surface area contributed by atoms with Gasteiger partial charge in [0.15, 0.2) is 5.82 Å². The van der Waals surface area contributed by atoms with Crippen LogP contribution in [0.3, 0.4) is 0 Å². The number of aryl methyl sites for hydroxylation is 5. The minimum absolute atomic E-state index is 0.331. The van der Waals surface area contributed by atoms with Crippen LogP contribution in [0.25, 0.3) is 5.82 Å². The minimum atomic E-state index is -3.60. The number of anilines is 1. The van der Waals surface area contributed by atoms with Crippen molar-refractivity contribution >= 4 is 15.8 Å². The maximum Gasteiger partial charge on any atom is 0.246 e. The van der Waals surface area contributed by atoms with Crippen molar-refractivity contribution in [2.75, 3.05) is 31.1 Å². The maximum atomic E-state index is 13.4. The molecule has 1 aliphatic rings. The highest BCUT2D eigenvalue weighted by Crippen LogP contribution is 2.26. The van der Waals surface area contributed by atoms with E-state index in [1.165, 1.54) is 0 Å². The van der Waals surface area contributed by atoms with Gasteiger partial charge in [0.25, 0.3) is 0 Å². The Morgan fingerprint density at radius 3 is 2.12 bits per heavy atom. The molecule has 0 spiro atoms. The monoisotopic (exact) mass is 458 g/mol. The number of aromatic nitrogens is 6. The fourth-order valence-electron chi connectivity index (χ4n) is 4.32. The van der Waals surface area contributed by atoms with Crippen molar-refractivity contribution in [3.8, 4) is 5.82 Å². The SMILES string of the molecule is CCn1nc(C)c(S(=O)(=O)N2CCN(c3cc(-n4nc(C)cc4C)nc(C)n3)CC2)c1C. The molecule has 0 bridgehead atoms. The highest BCUT2D eigenvalue weighted by atomic mass is 32.2. The predicted molar refractivity (Wildman–Crippen MR) is 122 cm³/mol. The average Bonchev–Trinajstić information content (AvgIpc) is 3.24. The third-order valence-corrected chi connectivity index (χ3v) is 7.96. The van der Waals surface area contributed by atoms with E-state index in [0.29, 0.717) is 60.6 Å². The largest absolute Gasteiger partial charge is 0.354 e. The fraction of sp³-hybridized carbons (Fsp3) is 0.524. The Balaban J connectivity index is 1.56. The Kier molecular flexibility index (Phi) is 5.80. The number of rotatable bonds is 5. The van der Waals surface area contributed by atoms with E-state index in [1.54, 1.807) is 15.9 Å². The number of hydrogen-bond donors (Lipinski definition) is 0. The van der Waals surface area contributed by atoms with Gasteiger partial charge in [-0.3, -0.25) is 4.68 Å². The van der Waals surface area contributed by atoms with E-state index in [-0.39, 0.29) is 0 Å². The topological polar surface area (TPSA) is 102 Å². The van der Waals surface area contributed by atoms with Crippen LogP contribution in [-0.2, 0) is 16.6 Å². The molecule has 0 amide bonds. The highest BCUT2D eigenvalue weighted by Gasteiger charge is 2.33. The Hall–Kier alpha value is -2.79. The summed E-state index contributed by atoms with van der Waals surface area (Å²) in [6.45, 7) is 13.8. The third-order valence-electron chi connectivity index (χ3n) is 5.81. The molecule has 0 radical (unpaired) electrons. The van der Waals surface area contributed by atoms with Gasteiger partial charge < -0.3 is 4.90 Å². The summed E-state index contributed by atoms with van der Waals surface area (Å²) in [6.07, 6.45) is 0. The number of nitrogens with zero attached hydrogens (tertiary/aromatic N) is 8. The van der Waals surface area contributed by atoms with Crippen LogP contribution in [0.5, 0.6) is 0 Å². The maximum absolute atomic E-state index is 13.4. The first-order chi connectivity index (χ1) is 15.1. The van der Waals surface area contributed by atoms with Gasteiger partial charge in [0.05, 0.1) is 17.1 Å². The van der Waals surface area contributed by atoms with Crippen LogP contribution >= 0.6 is 0 Å². The molecule has 3 aromatic rings. The zero-order valence-corrected chi connectivity index (χ0v) is 20.3. The molecular formula is C21H30N8O2S. The van der Waals surface area contributed by atoms with Crippen LogP contribution in [0.15, 0.2) is 17.0 Å². The molecular weight excluding hydrogens is 428 g/mol. The Morgan fingerprint density at radius 2 is 1.56 bits per heavy atom. The molecule has 0 N–H and O–H groups in total. The third kappa shape index (κ3) is 3.90. The van der Waals surface area contributed by atoms with Gasteiger partial charge in [-0.25, -0.2) is 23.1 Å². The van der Waals surface area contributed by atoms with Gasteiger partial charge in [-0.05, 0) is 47.6 Å². The first-order valence-electron chi connectivity index (χ1n) is 10.8. The Labute approximate surface area is 188 Å². The molecule has 4 rings (SSSR count). The van der Waals surface area contributed by atoms with Crippen LogP contribution < -0.4 is 4.90 Å². The van der Waals surface area contributed by atoms with Crippen molar-refractivity contribution in [3.63, 3.8) is 0 Å². The lowest BCUT2D eigenvalue weighted by molar-refractivity contribution is 0.383. The Bertz CT molecular complexity index is 1250. The lowest BCUT2D eigenvalue weighted by Crippen LogP contribution is -2.49. The quantitative estimate of drug-likeness (QED) is 0.576. The minimum Gasteiger partial charge on any atom is -0.354 e. The summed E-state index contributed by atoms with van der Waals surface area (Å²) in [4.78, 5) is 11.6. The summed E-state index contributed by atoms with van der Waals surface area (Å²) in [5.41, 5.74) is 3.16. The standard InChI is InChI=1S/C21H30N8O2S/c1-7-28-17(5)21(16(4)25-28)32(30,31)27-10-8-26(9-11-27)19-13-20(23-18(6)22-19)29-15(3)12-14(2)24-29/h12-13H,7-11H2,1-6H3. The van der Waals surface area contributed by atoms with Crippen LogP contribution in [0.4, 0.5) is 5.82 Å². The molecule has 0 atom stereocenters. The summed E-state index contributed by atoms with van der Waals surface area (Å²) in [6, 6.07) is 3.92. The van der Waals surface area contributed by atoms with E-state index in [1.807, 2.05) is 51.4 Å². The van der Waals surface area contributed by atoms with Crippen molar-refractivity contribution in [1.82, 2.24) is 33.8 Å². The van der Waals surface area contributed by atoms with Crippen LogP contribution in [0.2, 0.25) is 0 Å². The van der Waals surface area contributed by atoms with Gasteiger partial charge in [-0.1, -0.05) is 0 Å². The van der Waals surface area contributed by atoms with Crippen molar-refractivity contribution in [2.24, 2.45) is 0 Å². The summed E-state index contributed by atoms with van der Waals surface area (Å²) in [5.74, 6) is 2.15. The second kappa shape index (κ2) is 8.28. The van der Waals surface area contributed by atoms with Crippen LogP contribution in [0.1, 0.15) is 35.5 Å². The lowest BCUT2D eigenvalue weighted by Gasteiger charge is -2.34. The first-order valence-corrected chi connectivity index (χ1v) is 12.2. The molecule has 3 aromatic heterocycles. The summed E-state index contributed by atoms with van der Waals surface area (Å²) in [5, 5.41) is 8.91. The number of hydrogen-bond acceptors (Lipinski definition) is 7. The summed E-state index contributed by atoms with van der Waals surface area (Å²) in [7, 11) is -3.60. The van der Waals surface area contributed by atoms with Gasteiger partial charge in [0.1, 0.15) is 16.5 Å². The zero-order chi connectivity index (χ0) is 23.2. The molecule has 10 nitrogen and oxygen atoms in total. The van der Waals surface area contributed by atoms with E-state index in [0.717, 1.165) is 17.2 Å². The normalized spacial score (nSPS) is 15.5. The van der Waals surface area contributed by atoms with Crippen molar-refractivity contribution < 1.29 is 8.42 Å². The number of piperazine rings is 1. The van der Waals surface area contributed by atoms with Crippen LogP contribution in [0, 0.1) is 34.6 Å². The van der Waals surface area contributed by atoms with Crippen molar-refractivity contribution in [3.05, 3.63) is 40.7 Å². The molecule has 4 heterocycles. The molecule has 0 unspecified atom stereocenters. The summed E-state index contributed by atoms with van der Waals surface area (Å²) >= 11 is 0. The molecule has 1 aliphatic heterocycles. The second-order valence-corrected chi connectivity index (χ2v) is 10.1. The number of sulfonamides is 1. The molecule has 1 fully saturated rings. The molecule has 172 valence electrons. The predicted octanol–water partition coefficient (Wildman–Crippen LogP) is 1.93. The van der Waals surface area contributed by atoms with E-state index in [4.69, 9.17) is 0 Å². The van der Waals surface area contributed by atoms with Crippen molar-refractivity contribution in [1.29, 1.82) is 0 Å². The molecule has 11 heteroatoms. The van der Waals surface area contributed by atoms with Crippen molar-refractivity contribution in [2.45, 2.75) is 53.0 Å². The van der Waals surface area contributed by atoms with Gasteiger partial charge in [0, 0.05) is 44.5 Å². The smallest absolute Gasteiger partial charge is 0.246 e. The van der Waals surface area contributed by atoms with E-state index < -0.39 is 10.0 Å². The first kappa shape index (κ1) is 22.4. The molecule has 1 saturated heterocycles. The second-order valence-electron chi connectivity index (χ2n) is 8.18. The molecule has 0 saturated carbocycles. The molecule has 0 aromatic carbocycles. The van der Waals surface area contributed by atoms with E-state index in [9.17, 15) is 8.42 Å². The van der Waals surface area contributed by atoms with Gasteiger partial charge in [-0.15, -0.1) is 0 Å². The Morgan fingerprint density at radius 1 is 0.906 bits per heavy atom. The van der Waals surface area contributed by atoms with Crippen LogP contribution in [-0.4, -0.2) is 68.4 Å². The van der Waals surface area contributed by atoms with E-state index >= 15 is 0 Å². The van der Waals surface area contributed by atoms with Gasteiger partial charge in [0.2, 0.25) is 10.0 Å². The van der Waals surface area contributed by atoms with Gasteiger partial charge >= 0.3 is 0 Å². The molecule has 32 heavy (non-hydrogen) atoms. The molecule has 0 aliphatic carbocycles. The van der Waals surface area contributed by atoms with E-state index in [2.05, 4.69) is 25.1 Å². The zero-order valence-electron chi connectivity index (χ0n) is 19.5.